The fourth-order valence-corrected chi connectivity index (χ4v) is 3.05. The lowest BCUT2D eigenvalue weighted by molar-refractivity contribution is -0.00805. The Morgan fingerprint density at radius 1 is 1.50 bits per heavy atom. The topological polar surface area (TPSA) is 63.9 Å². The van der Waals surface area contributed by atoms with Crippen molar-refractivity contribution < 1.29 is 9.47 Å². The van der Waals surface area contributed by atoms with Crippen LogP contribution in [0.5, 0.6) is 5.75 Å². The third-order valence-electron chi connectivity index (χ3n) is 4.12. The van der Waals surface area contributed by atoms with Crippen molar-refractivity contribution in [3.63, 3.8) is 0 Å². The second-order valence-corrected chi connectivity index (χ2v) is 6.47. The normalized spacial score (nSPS) is 18.0. The van der Waals surface area contributed by atoms with Crippen LogP contribution >= 0.6 is 11.6 Å². The lowest BCUT2D eigenvalue weighted by Gasteiger charge is -2.34. The number of nitrogens with zero attached hydrogens (tertiary/aromatic N) is 4. The van der Waals surface area contributed by atoms with Gasteiger partial charge in [-0.15, -0.1) is 0 Å². The maximum absolute atomic E-state index is 5.96. The molecule has 1 aromatic carbocycles. The van der Waals surface area contributed by atoms with Crippen molar-refractivity contribution in [2.24, 2.45) is 12.0 Å². The van der Waals surface area contributed by atoms with Crippen molar-refractivity contribution in [2.45, 2.75) is 6.10 Å². The van der Waals surface area contributed by atoms with Gasteiger partial charge in [0.25, 0.3) is 0 Å². The number of halogens is 1. The van der Waals surface area contributed by atoms with E-state index in [0.29, 0.717) is 24.8 Å². The first-order valence-electron chi connectivity index (χ1n) is 8.60. The van der Waals surface area contributed by atoms with Gasteiger partial charge in [-0.3, -0.25) is 9.67 Å². The molecule has 0 saturated carbocycles. The molecule has 1 aliphatic rings. The van der Waals surface area contributed by atoms with Crippen LogP contribution in [-0.2, 0) is 11.8 Å². The summed E-state index contributed by atoms with van der Waals surface area (Å²) < 4.78 is 13.4. The van der Waals surface area contributed by atoms with E-state index in [4.69, 9.17) is 21.1 Å². The Hall–Kier alpha value is -2.25. The van der Waals surface area contributed by atoms with E-state index in [2.05, 4.69) is 20.3 Å². The molecule has 2 aromatic rings. The van der Waals surface area contributed by atoms with Crippen molar-refractivity contribution >= 4 is 17.6 Å². The van der Waals surface area contributed by atoms with E-state index in [1.54, 1.807) is 17.8 Å². The maximum Gasteiger partial charge on any atom is 0.193 e. The number of aliphatic imine (C=N–C) groups is 1. The Labute approximate surface area is 158 Å². The summed E-state index contributed by atoms with van der Waals surface area (Å²) in [7, 11) is 3.69. The van der Waals surface area contributed by atoms with Crippen molar-refractivity contribution in [1.29, 1.82) is 0 Å². The summed E-state index contributed by atoms with van der Waals surface area (Å²) in [5.74, 6) is 1.61. The highest BCUT2D eigenvalue weighted by Gasteiger charge is 2.24. The van der Waals surface area contributed by atoms with E-state index < -0.39 is 0 Å². The predicted octanol–water partition coefficient (Wildman–Crippen LogP) is 2.10. The summed E-state index contributed by atoms with van der Waals surface area (Å²) in [6.07, 6.45) is 3.84. The molecule has 2 heterocycles. The molecule has 0 bridgehead atoms. The second-order valence-electron chi connectivity index (χ2n) is 6.03. The van der Waals surface area contributed by atoms with E-state index in [-0.39, 0.29) is 6.10 Å². The molecule has 0 spiro atoms. The molecule has 0 amide bonds. The molecule has 1 fully saturated rings. The van der Waals surface area contributed by atoms with Crippen LogP contribution in [-0.4, -0.2) is 60.5 Å². The number of aryl methyl sites for hydroxylation is 1. The third-order valence-corrected chi connectivity index (χ3v) is 4.36. The number of aromatic nitrogens is 2. The average molecular weight is 378 g/mol. The highest BCUT2D eigenvalue weighted by atomic mass is 35.5. The zero-order valence-corrected chi connectivity index (χ0v) is 15.8. The van der Waals surface area contributed by atoms with Crippen molar-refractivity contribution in [3.05, 3.63) is 47.2 Å². The van der Waals surface area contributed by atoms with Crippen molar-refractivity contribution in [2.75, 3.05) is 39.9 Å². The van der Waals surface area contributed by atoms with Gasteiger partial charge in [0.1, 0.15) is 18.5 Å². The molecule has 7 nitrogen and oxygen atoms in total. The molecule has 26 heavy (non-hydrogen) atoms. The SMILES string of the molecule is CN=C(NCCOc1cccc(Cl)c1)N1CCOC(c2cnn(C)c2)C1. The molecule has 1 saturated heterocycles. The number of hydrogen-bond acceptors (Lipinski definition) is 4. The van der Waals surface area contributed by atoms with E-state index in [0.717, 1.165) is 30.4 Å². The fourth-order valence-electron chi connectivity index (χ4n) is 2.87. The number of rotatable bonds is 5. The maximum atomic E-state index is 5.96. The van der Waals surface area contributed by atoms with Gasteiger partial charge < -0.3 is 19.7 Å². The van der Waals surface area contributed by atoms with Gasteiger partial charge in [0, 0.05) is 37.4 Å². The van der Waals surface area contributed by atoms with Crippen LogP contribution in [0.3, 0.4) is 0 Å². The highest BCUT2D eigenvalue weighted by molar-refractivity contribution is 6.30. The quantitative estimate of drug-likeness (QED) is 0.491. The van der Waals surface area contributed by atoms with Gasteiger partial charge in [-0.1, -0.05) is 17.7 Å². The van der Waals surface area contributed by atoms with E-state index in [1.165, 1.54) is 0 Å². The molecule has 1 unspecified atom stereocenters. The fraction of sp³-hybridized carbons (Fsp3) is 0.444. The number of guanidine groups is 1. The van der Waals surface area contributed by atoms with Gasteiger partial charge >= 0.3 is 0 Å². The van der Waals surface area contributed by atoms with E-state index in [9.17, 15) is 0 Å². The summed E-state index contributed by atoms with van der Waals surface area (Å²) in [6.45, 7) is 3.36. The van der Waals surface area contributed by atoms with E-state index >= 15 is 0 Å². The minimum Gasteiger partial charge on any atom is -0.492 e. The van der Waals surface area contributed by atoms with Crippen LogP contribution in [0.4, 0.5) is 0 Å². The minimum absolute atomic E-state index is 0.00119. The summed E-state index contributed by atoms with van der Waals surface area (Å²) in [4.78, 5) is 6.58. The standard InChI is InChI=1S/C18H24ClN5O2/c1-20-18(21-6-8-25-16-5-3-4-15(19)10-16)24-7-9-26-17(13-24)14-11-22-23(2)12-14/h3-5,10-12,17H,6-9,13H2,1-2H3,(H,20,21). The largest absolute Gasteiger partial charge is 0.492 e. The van der Waals surface area contributed by atoms with Gasteiger partial charge in [0.15, 0.2) is 5.96 Å². The van der Waals surface area contributed by atoms with Crippen molar-refractivity contribution in [1.82, 2.24) is 20.0 Å². The first kappa shape index (κ1) is 18.5. The molecule has 1 atom stereocenters. The molecule has 3 rings (SSSR count). The summed E-state index contributed by atoms with van der Waals surface area (Å²) in [6, 6.07) is 7.39. The number of morpholine rings is 1. The first-order valence-corrected chi connectivity index (χ1v) is 8.97. The van der Waals surface area contributed by atoms with Gasteiger partial charge in [0.05, 0.1) is 25.9 Å². The van der Waals surface area contributed by atoms with Crippen LogP contribution in [0.15, 0.2) is 41.7 Å². The molecule has 0 aliphatic carbocycles. The third kappa shape index (κ3) is 4.89. The summed E-state index contributed by atoms with van der Waals surface area (Å²) >= 11 is 5.96. The van der Waals surface area contributed by atoms with Crippen LogP contribution in [0, 0.1) is 0 Å². The smallest absolute Gasteiger partial charge is 0.193 e. The minimum atomic E-state index is -0.00119. The lowest BCUT2D eigenvalue weighted by Crippen LogP contribution is -2.48. The second kappa shape index (κ2) is 8.91. The molecule has 1 N–H and O–H groups in total. The Morgan fingerprint density at radius 3 is 3.12 bits per heavy atom. The lowest BCUT2D eigenvalue weighted by atomic mass is 10.1. The molecule has 1 aliphatic heterocycles. The Balaban J connectivity index is 1.48. The molecule has 140 valence electrons. The highest BCUT2D eigenvalue weighted by Crippen LogP contribution is 2.21. The van der Waals surface area contributed by atoms with Crippen LogP contribution in [0.25, 0.3) is 0 Å². The first-order chi connectivity index (χ1) is 12.7. The van der Waals surface area contributed by atoms with Crippen LogP contribution in [0.1, 0.15) is 11.7 Å². The number of benzene rings is 1. The summed E-state index contributed by atoms with van der Waals surface area (Å²) in [5.41, 5.74) is 1.08. The molecular weight excluding hydrogens is 354 g/mol. The van der Waals surface area contributed by atoms with Gasteiger partial charge in [0.2, 0.25) is 0 Å². The van der Waals surface area contributed by atoms with Crippen molar-refractivity contribution in [3.8, 4) is 5.75 Å². The Kier molecular flexibility index (Phi) is 6.35. The Morgan fingerprint density at radius 2 is 2.38 bits per heavy atom. The molecule has 8 heteroatoms. The molecule has 0 radical (unpaired) electrons. The monoisotopic (exact) mass is 377 g/mol. The number of nitrogens with one attached hydrogen (secondary N) is 1. The Bertz CT molecular complexity index is 749. The zero-order valence-electron chi connectivity index (χ0n) is 15.1. The average Bonchev–Trinajstić information content (AvgIpc) is 3.08. The van der Waals surface area contributed by atoms with Crippen LogP contribution < -0.4 is 10.1 Å². The summed E-state index contributed by atoms with van der Waals surface area (Å²) in [5, 5.41) is 8.23. The molecule has 1 aromatic heterocycles. The number of hydrogen-bond donors (Lipinski definition) is 1. The predicted molar refractivity (Wildman–Crippen MR) is 102 cm³/mol. The van der Waals surface area contributed by atoms with Crippen LogP contribution in [0.2, 0.25) is 5.02 Å². The zero-order chi connectivity index (χ0) is 18.4. The van der Waals surface area contributed by atoms with E-state index in [1.807, 2.05) is 37.6 Å². The molecular formula is C18H24ClN5O2. The van der Waals surface area contributed by atoms with Gasteiger partial charge in [-0.2, -0.15) is 5.10 Å². The van der Waals surface area contributed by atoms with Gasteiger partial charge in [-0.05, 0) is 18.2 Å². The van der Waals surface area contributed by atoms with Gasteiger partial charge in [-0.25, -0.2) is 0 Å². The number of ether oxygens (including phenoxy) is 2.